The number of H-pyrrole nitrogens is 2. The van der Waals surface area contributed by atoms with Crippen molar-refractivity contribution < 1.29 is 4.79 Å². The molecule has 24 heavy (non-hydrogen) atoms. The molecule has 0 spiro atoms. The maximum atomic E-state index is 12.0. The minimum absolute atomic E-state index is 0.125. The normalized spacial score (nSPS) is 10.8. The average Bonchev–Trinajstić information content (AvgIpc) is 3.13. The Hall–Kier alpha value is -3.16. The first kappa shape index (κ1) is 15.7. The number of hydrogen-bond donors (Lipinski definition) is 3. The molecule has 0 aliphatic rings. The number of amides is 1. The van der Waals surface area contributed by atoms with E-state index in [2.05, 4.69) is 51.7 Å². The van der Waals surface area contributed by atoms with Gasteiger partial charge in [-0.1, -0.05) is 6.07 Å². The van der Waals surface area contributed by atoms with Crippen LogP contribution >= 0.6 is 0 Å². The molecule has 0 aliphatic heterocycles. The summed E-state index contributed by atoms with van der Waals surface area (Å²) in [4.78, 5) is 23.3. The Morgan fingerprint density at radius 3 is 2.58 bits per heavy atom. The molecule has 1 aromatic carbocycles. The molecule has 3 rings (SSSR count). The van der Waals surface area contributed by atoms with Crippen LogP contribution in [0, 0.1) is 20.8 Å². The third kappa shape index (κ3) is 3.12. The minimum atomic E-state index is -0.432. The van der Waals surface area contributed by atoms with Gasteiger partial charge in [0.15, 0.2) is 5.82 Å². The second-order valence-electron chi connectivity index (χ2n) is 5.76. The van der Waals surface area contributed by atoms with Crippen LogP contribution in [0.3, 0.4) is 0 Å². The van der Waals surface area contributed by atoms with Gasteiger partial charge in [0.2, 0.25) is 5.91 Å². The maximum absolute atomic E-state index is 12.0. The number of nitrogens with one attached hydrogen (secondary N) is 3. The molecule has 3 aromatic rings. The topological polar surface area (TPSA) is 108 Å². The highest BCUT2D eigenvalue weighted by atomic mass is 16.2. The summed E-state index contributed by atoms with van der Waals surface area (Å²) in [6, 6.07) is 5.98. The second kappa shape index (κ2) is 6.15. The number of aromatic amines is 2. The van der Waals surface area contributed by atoms with Crippen LogP contribution in [-0.4, -0.2) is 30.9 Å². The molecule has 8 heteroatoms. The molecule has 8 nitrogen and oxygen atoms in total. The molecule has 0 saturated carbocycles. The summed E-state index contributed by atoms with van der Waals surface area (Å²) < 4.78 is 1.18. The van der Waals surface area contributed by atoms with Gasteiger partial charge in [0, 0.05) is 11.6 Å². The monoisotopic (exact) mass is 326 g/mol. The number of rotatable bonds is 4. The lowest BCUT2D eigenvalue weighted by Crippen LogP contribution is -2.25. The van der Waals surface area contributed by atoms with Crippen LogP contribution in [0.1, 0.15) is 16.7 Å². The van der Waals surface area contributed by atoms with E-state index in [1.165, 1.54) is 22.0 Å². The summed E-state index contributed by atoms with van der Waals surface area (Å²) in [6.45, 7) is 6.04. The van der Waals surface area contributed by atoms with Crippen LogP contribution < -0.4 is 11.0 Å². The lowest BCUT2D eigenvalue weighted by Gasteiger charge is -2.07. The van der Waals surface area contributed by atoms with E-state index in [-0.39, 0.29) is 12.5 Å². The van der Waals surface area contributed by atoms with Gasteiger partial charge in [-0.15, -0.1) is 0 Å². The Kier molecular flexibility index (Phi) is 4.03. The van der Waals surface area contributed by atoms with Gasteiger partial charge < -0.3 is 5.32 Å². The van der Waals surface area contributed by atoms with Gasteiger partial charge in [-0.25, -0.2) is 9.89 Å². The van der Waals surface area contributed by atoms with Gasteiger partial charge in [0.25, 0.3) is 0 Å². The van der Waals surface area contributed by atoms with Gasteiger partial charge in [-0.2, -0.15) is 10.2 Å². The van der Waals surface area contributed by atoms with Gasteiger partial charge >= 0.3 is 5.69 Å². The van der Waals surface area contributed by atoms with Crippen molar-refractivity contribution in [2.45, 2.75) is 27.3 Å². The summed E-state index contributed by atoms with van der Waals surface area (Å²) in [5, 5.41) is 15.5. The lowest BCUT2D eigenvalue weighted by atomic mass is 9.99. The first-order valence-corrected chi connectivity index (χ1v) is 7.47. The summed E-state index contributed by atoms with van der Waals surface area (Å²) in [7, 11) is 0. The number of aryl methyl sites for hydroxylation is 3. The standard InChI is InChI=1S/C16H18N6O2/c1-9-4-11(3)12(5-10(9)2)13-6-14(20-19-13)18-15(23)7-22-8-17-21-16(22)24/h4-6,8H,7H2,1-3H3,(H,21,24)(H2,18,19,20,23). The van der Waals surface area contributed by atoms with Crippen LogP contribution in [-0.2, 0) is 11.3 Å². The quantitative estimate of drug-likeness (QED) is 0.675. The Morgan fingerprint density at radius 1 is 1.12 bits per heavy atom. The van der Waals surface area contributed by atoms with Crippen LogP contribution in [0.4, 0.5) is 5.82 Å². The van der Waals surface area contributed by atoms with Crippen LogP contribution in [0.25, 0.3) is 11.3 Å². The van der Waals surface area contributed by atoms with E-state index in [9.17, 15) is 9.59 Å². The minimum Gasteiger partial charge on any atom is -0.308 e. The summed E-state index contributed by atoms with van der Waals surface area (Å²) in [6.07, 6.45) is 1.27. The Bertz CT molecular complexity index is 950. The third-order valence-electron chi connectivity index (χ3n) is 3.91. The van der Waals surface area contributed by atoms with Crippen molar-refractivity contribution in [2.24, 2.45) is 0 Å². The molecule has 2 aromatic heterocycles. The van der Waals surface area contributed by atoms with Crippen molar-refractivity contribution in [3.63, 3.8) is 0 Å². The van der Waals surface area contributed by atoms with Gasteiger partial charge in [-0.3, -0.25) is 14.5 Å². The smallest absolute Gasteiger partial charge is 0.308 e. The van der Waals surface area contributed by atoms with E-state index in [1.807, 2.05) is 6.92 Å². The van der Waals surface area contributed by atoms with E-state index < -0.39 is 5.69 Å². The first-order chi connectivity index (χ1) is 11.4. The molecule has 1 amide bonds. The van der Waals surface area contributed by atoms with Crippen LogP contribution in [0.2, 0.25) is 0 Å². The average molecular weight is 326 g/mol. The van der Waals surface area contributed by atoms with E-state index in [0.29, 0.717) is 5.82 Å². The number of aromatic nitrogens is 5. The lowest BCUT2D eigenvalue weighted by molar-refractivity contribution is -0.116. The number of carbonyl (C=O) groups is 1. The first-order valence-electron chi connectivity index (χ1n) is 7.47. The fraction of sp³-hybridized carbons (Fsp3) is 0.250. The van der Waals surface area contributed by atoms with Crippen molar-refractivity contribution >= 4 is 11.7 Å². The van der Waals surface area contributed by atoms with Crippen molar-refractivity contribution in [3.8, 4) is 11.3 Å². The van der Waals surface area contributed by atoms with Crippen molar-refractivity contribution in [2.75, 3.05) is 5.32 Å². The zero-order valence-corrected chi connectivity index (χ0v) is 13.7. The second-order valence-corrected chi connectivity index (χ2v) is 5.76. The summed E-state index contributed by atoms with van der Waals surface area (Å²) in [5.41, 5.74) is 4.98. The molecule has 124 valence electrons. The summed E-state index contributed by atoms with van der Waals surface area (Å²) in [5.74, 6) is 0.0533. The maximum Gasteiger partial charge on any atom is 0.343 e. The number of benzene rings is 1. The van der Waals surface area contributed by atoms with E-state index >= 15 is 0 Å². The molecule has 0 fully saturated rings. The largest absolute Gasteiger partial charge is 0.343 e. The Balaban J connectivity index is 1.76. The molecule has 0 unspecified atom stereocenters. The fourth-order valence-corrected chi connectivity index (χ4v) is 2.49. The molecular formula is C16H18N6O2. The molecule has 0 bridgehead atoms. The van der Waals surface area contributed by atoms with Gasteiger partial charge in [0.1, 0.15) is 12.9 Å². The van der Waals surface area contributed by atoms with Crippen molar-refractivity contribution in [1.82, 2.24) is 25.0 Å². The zero-order valence-electron chi connectivity index (χ0n) is 13.7. The number of nitrogens with zero attached hydrogens (tertiary/aromatic N) is 3. The fourth-order valence-electron chi connectivity index (χ4n) is 2.49. The molecule has 3 N–H and O–H groups in total. The van der Waals surface area contributed by atoms with E-state index in [4.69, 9.17) is 0 Å². The van der Waals surface area contributed by atoms with Crippen LogP contribution in [0.5, 0.6) is 0 Å². The van der Waals surface area contributed by atoms with Gasteiger partial charge in [-0.05, 0) is 43.5 Å². The van der Waals surface area contributed by atoms with E-state index in [0.717, 1.165) is 16.8 Å². The molecule has 2 heterocycles. The predicted octanol–water partition coefficient (Wildman–Crippen LogP) is 1.53. The number of carbonyl (C=O) groups excluding carboxylic acids is 1. The van der Waals surface area contributed by atoms with Gasteiger partial charge in [0.05, 0.1) is 5.69 Å². The predicted molar refractivity (Wildman–Crippen MR) is 89.7 cm³/mol. The molecule has 0 saturated heterocycles. The highest BCUT2D eigenvalue weighted by molar-refractivity contribution is 5.90. The van der Waals surface area contributed by atoms with Crippen molar-refractivity contribution in [1.29, 1.82) is 0 Å². The number of hydrogen-bond acceptors (Lipinski definition) is 4. The van der Waals surface area contributed by atoms with Crippen molar-refractivity contribution in [3.05, 3.63) is 51.7 Å². The zero-order chi connectivity index (χ0) is 17.3. The summed E-state index contributed by atoms with van der Waals surface area (Å²) >= 11 is 0. The van der Waals surface area contributed by atoms with E-state index in [1.54, 1.807) is 6.07 Å². The SMILES string of the molecule is Cc1cc(C)c(-c2cc(NC(=O)Cn3cn[nH]c3=O)n[nH]2)cc1C. The highest BCUT2D eigenvalue weighted by Crippen LogP contribution is 2.26. The Morgan fingerprint density at radius 2 is 1.88 bits per heavy atom. The third-order valence-corrected chi connectivity index (χ3v) is 3.91. The molecular weight excluding hydrogens is 308 g/mol. The van der Waals surface area contributed by atoms with Crippen LogP contribution in [0.15, 0.2) is 29.3 Å². The molecule has 0 atom stereocenters. The number of anilines is 1. The molecule has 0 aliphatic carbocycles. The Labute approximate surface area is 137 Å². The highest BCUT2D eigenvalue weighted by Gasteiger charge is 2.11. The molecule has 0 radical (unpaired) electrons.